The molecule has 0 unspecified atom stereocenters. The summed E-state index contributed by atoms with van der Waals surface area (Å²) in [6, 6.07) is 6.59. The minimum atomic E-state index is -0.253. The zero-order valence-electron chi connectivity index (χ0n) is 9.68. The van der Waals surface area contributed by atoms with Gasteiger partial charge in [0, 0.05) is 13.0 Å². The minimum absolute atomic E-state index is 0.0251. The van der Waals surface area contributed by atoms with E-state index in [-0.39, 0.29) is 23.8 Å². The Balaban J connectivity index is 1.90. The van der Waals surface area contributed by atoms with Gasteiger partial charge in [-0.25, -0.2) is 0 Å². The van der Waals surface area contributed by atoms with Gasteiger partial charge in [-0.3, -0.25) is 19.3 Å². The lowest BCUT2D eigenvalue weighted by molar-refractivity contribution is -0.123. The second kappa shape index (κ2) is 3.94. The van der Waals surface area contributed by atoms with Gasteiger partial charge in [0.15, 0.2) is 0 Å². The molecule has 3 amide bonds. The molecule has 0 aromatic heterocycles. The van der Waals surface area contributed by atoms with E-state index in [0.29, 0.717) is 30.5 Å². The minimum Gasteiger partial charge on any atom is -0.354 e. The molecule has 1 fully saturated rings. The molecule has 3 rings (SSSR count). The van der Waals surface area contributed by atoms with Gasteiger partial charge in [-0.1, -0.05) is 12.1 Å². The maximum Gasteiger partial charge on any atom is 0.261 e. The third-order valence-corrected chi connectivity index (χ3v) is 3.43. The smallest absolute Gasteiger partial charge is 0.261 e. The van der Waals surface area contributed by atoms with E-state index in [1.54, 1.807) is 24.3 Å². The van der Waals surface area contributed by atoms with Crippen molar-refractivity contribution in [3.63, 3.8) is 0 Å². The molecule has 0 bridgehead atoms. The number of hydrogen-bond donors (Lipinski definition) is 1. The first-order chi connectivity index (χ1) is 8.68. The molecule has 0 aliphatic carbocycles. The topological polar surface area (TPSA) is 66.5 Å². The van der Waals surface area contributed by atoms with Crippen LogP contribution in [-0.2, 0) is 4.79 Å². The highest BCUT2D eigenvalue weighted by atomic mass is 16.2. The van der Waals surface area contributed by atoms with Gasteiger partial charge in [0.25, 0.3) is 11.8 Å². The number of amides is 3. The maximum atomic E-state index is 12.2. The van der Waals surface area contributed by atoms with E-state index >= 15 is 0 Å². The third-order valence-electron chi connectivity index (χ3n) is 3.43. The van der Waals surface area contributed by atoms with Crippen LogP contribution in [0.5, 0.6) is 0 Å². The number of nitrogens with zero attached hydrogens (tertiary/aromatic N) is 1. The highest BCUT2D eigenvalue weighted by Crippen LogP contribution is 2.26. The highest BCUT2D eigenvalue weighted by molar-refractivity contribution is 6.21. The largest absolute Gasteiger partial charge is 0.354 e. The van der Waals surface area contributed by atoms with E-state index in [9.17, 15) is 14.4 Å². The van der Waals surface area contributed by atoms with Gasteiger partial charge in [-0.05, 0) is 18.6 Å². The molecule has 5 heteroatoms. The van der Waals surface area contributed by atoms with Crippen molar-refractivity contribution >= 4 is 17.7 Å². The lowest BCUT2D eigenvalue weighted by Crippen LogP contribution is -2.50. The molecule has 18 heavy (non-hydrogen) atoms. The number of hydrogen-bond acceptors (Lipinski definition) is 3. The summed E-state index contributed by atoms with van der Waals surface area (Å²) in [4.78, 5) is 36.7. The molecular formula is C13H12N2O3. The van der Waals surface area contributed by atoms with E-state index in [0.717, 1.165) is 0 Å². The fourth-order valence-corrected chi connectivity index (χ4v) is 2.48. The van der Waals surface area contributed by atoms with Gasteiger partial charge in [0.05, 0.1) is 17.2 Å². The predicted octanol–water partition coefficient (Wildman–Crippen LogP) is 0.561. The molecule has 1 saturated heterocycles. The number of nitrogens with one attached hydrogen (secondary N) is 1. The standard InChI is InChI=1S/C13H12N2O3/c16-11-6-5-8(7-14-11)15-12(17)9-3-1-2-4-10(9)13(15)18/h1-4,8H,5-7H2,(H,14,16)/t8-/m0/s1. The first-order valence-corrected chi connectivity index (χ1v) is 5.92. The molecule has 2 aliphatic rings. The summed E-state index contributed by atoms with van der Waals surface area (Å²) in [5.74, 6) is -0.531. The molecule has 1 atom stereocenters. The van der Waals surface area contributed by atoms with E-state index in [4.69, 9.17) is 0 Å². The number of carbonyl (C=O) groups is 3. The van der Waals surface area contributed by atoms with Crippen molar-refractivity contribution < 1.29 is 14.4 Å². The maximum absolute atomic E-state index is 12.2. The summed E-state index contributed by atoms with van der Waals surface area (Å²) >= 11 is 0. The Bertz CT molecular complexity index is 508. The van der Waals surface area contributed by atoms with Crippen LogP contribution in [-0.4, -0.2) is 35.2 Å². The number of imide groups is 1. The number of piperidine rings is 1. The zero-order valence-corrected chi connectivity index (χ0v) is 9.68. The van der Waals surface area contributed by atoms with Crippen molar-refractivity contribution in [2.75, 3.05) is 6.54 Å². The van der Waals surface area contributed by atoms with Crippen molar-refractivity contribution in [3.8, 4) is 0 Å². The molecular weight excluding hydrogens is 232 g/mol. The average Bonchev–Trinajstić information content (AvgIpc) is 2.64. The van der Waals surface area contributed by atoms with Crippen molar-refractivity contribution in [3.05, 3.63) is 35.4 Å². The predicted molar refractivity (Wildman–Crippen MR) is 63.0 cm³/mol. The monoisotopic (exact) mass is 244 g/mol. The van der Waals surface area contributed by atoms with Crippen LogP contribution in [0.1, 0.15) is 33.6 Å². The summed E-state index contributed by atoms with van der Waals surface area (Å²) in [6.45, 7) is 0.351. The Morgan fingerprint density at radius 2 is 1.67 bits per heavy atom. The fraction of sp³-hybridized carbons (Fsp3) is 0.308. The zero-order chi connectivity index (χ0) is 12.7. The second-order valence-electron chi connectivity index (χ2n) is 4.52. The Labute approximate surface area is 104 Å². The highest BCUT2D eigenvalue weighted by Gasteiger charge is 2.40. The Kier molecular flexibility index (Phi) is 2.40. The molecule has 0 radical (unpaired) electrons. The van der Waals surface area contributed by atoms with Crippen molar-refractivity contribution in [1.29, 1.82) is 0 Å². The number of benzene rings is 1. The van der Waals surface area contributed by atoms with Crippen molar-refractivity contribution in [2.45, 2.75) is 18.9 Å². The number of rotatable bonds is 1. The molecule has 2 heterocycles. The van der Waals surface area contributed by atoms with Crippen LogP contribution < -0.4 is 5.32 Å². The summed E-state index contributed by atoms with van der Waals surface area (Å²) < 4.78 is 0. The molecule has 92 valence electrons. The van der Waals surface area contributed by atoms with Gasteiger partial charge in [0.2, 0.25) is 5.91 Å². The molecule has 0 spiro atoms. The second-order valence-corrected chi connectivity index (χ2v) is 4.52. The van der Waals surface area contributed by atoms with E-state index in [2.05, 4.69) is 5.32 Å². The molecule has 1 aromatic carbocycles. The van der Waals surface area contributed by atoms with Gasteiger partial charge in [-0.15, -0.1) is 0 Å². The van der Waals surface area contributed by atoms with Gasteiger partial charge in [0.1, 0.15) is 0 Å². The van der Waals surface area contributed by atoms with E-state index in [1.165, 1.54) is 4.90 Å². The lowest BCUT2D eigenvalue weighted by atomic mass is 10.1. The fourth-order valence-electron chi connectivity index (χ4n) is 2.48. The van der Waals surface area contributed by atoms with Crippen LogP contribution in [0.2, 0.25) is 0 Å². The molecule has 2 aliphatic heterocycles. The van der Waals surface area contributed by atoms with Crippen LogP contribution in [0, 0.1) is 0 Å². The third kappa shape index (κ3) is 1.51. The van der Waals surface area contributed by atoms with Crippen molar-refractivity contribution in [2.24, 2.45) is 0 Å². The lowest BCUT2D eigenvalue weighted by Gasteiger charge is -2.29. The Morgan fingerprint density at radius 1 is 1.06 bits per heavy atom. The summed E-state index contributed by atoms with van der Waals surface area (Å²) in [5, 5.41) is 2.69. The normalized spacial score (nSPS) is 23.0. The van der Waals surface area contributed by atoms with E-state index < -0.39 is 0 Å². The SMILES string of the molecule is O=C1CC[C@H](N2C(=O)c3ccccc3C2=O)CN1. The number of fused-ring (bicyclic) bond motifs is 1. The molecule has 1 aromatic rings. The Hall–Kier alpha value is -2.17. The molecule has 5 nitrogen and oxygen atoms in total. The van der Waals surface area contributed by atoms with Crippen LogP contribution in [0.3, 0.4) is 0 Å². The van der Waals surface area contributed by atoms with Gasteiger partial charge >= 0.3 is 0 Å². The first-order valence-electron chi connectivity index (χ1n) is 5.92. The summed E-state index contributed by atoms with van der Waals surface area (Å²) in [5.41, 5.74) is 0.916. The van der Waals surface area contributed by atoms with Gasteiger partial charge in [-0.2, -0.15) is 0 Å². The van der Waals surface area contributed by atoms with Gasteiger partial charge < -0.3 is 5.32 Å². The average molecular weight is 244 g/mol. The van der Waals surface area contributed by atoms with Crippen LogP contribution >= 0.6 is 0 Å². The molecule has 1 N–H and O–H groups in total. The quantitative estimate of drug-likeness (QED) is 0.734. The van der Waals surface area contributed by atoms with Crippen molar-refractivity contribution in [1.82, 2.24) is 10.2 Å². The van der Waals surface area contributed by atoms with Crippen LogP contribution in [0.4, 0.5) is 0 Å². The van der Waals surface area contributed by atoms with Crippen LogP contribution in [0.25, 0.3) is 0 Å². The summed E-state index contributed by atoms with van der Waals surface area (Å²) in [6.07, 6.45) is 0.898. The van der Waals surface area contributed by atoms with E-state index in [1.807, 2.05) is 0 Å². The van der Waals surface area contributed by atoms with Crippen LogP contribution in [0.15, 0.2) is 24.3 Å². The Morgan fingerprint density at radius 3 is 2.17 bits per heavy atom. The number of carbonyl (C=O) groups excluding carboxylic acids is 3. The first kappa shape index (κ1) is 11.0. The summed E-state index contributed by atoms with van der Waals surface area (Å²) in [7, 11) is 0. The molecule has 0 saturated carbocycles.